The summed E-state index contributed by atoms with van der Waals surface area (Å²) in [5.41, 5.74) is 5.48. The Kier molecular flexibility index (Phi) is 14.9. The Bertz CT molecular complexity index is 144. The molecule has 18 heavy (non-hydrogen) atoms. The largest absolute Gasteiger partial charge is 0.330 e. The van der Waals surface area contributed by atoms with Crippen LogP contribution in [0.5, 0.6) is 0 Å². The Labute approximate surface area is 115 Å². The number of hydrogen-bond donors (Lipinski definition) is 1. The van der Waals surface area contributed by atoms with E-state index in [1.54, 1.807) is 0 Å². The van der Waals surface area contributed by atoms with Crippen molar-refractivity contribution >= 4 is 0 Å². The molecule has 0 bridgehead atoms. The maximum absolute atomic E-state index is 5.48. The van der Waals surface area contributed by atoms with Gasteiger partial charge < -0.3 is 10.6 Å². The molecule has 0 radical (unpaired) electrons. The lowest BCUT2D eigenvalue weighted by Crippen LogP contribution is -2.23. The summed E-state index contributed by atoms with van der Waals surface area (Å²) in [4.78, 5) is 2.53. The topological polar surface area (TPSA) is 29.3 Å². The third-order valence-electron chi connectivity index (χ3n) is 3.82. The van der Waals surface area contributed by atoms with E-state index in [1.165, 1.54) is 83.8 Å². The highest BCUT2D eigenvalue weighted by molar-refractivity contribution is 4.53. The van der Waals surface area contributed by atoms with Crippen molar-refractivity contribution in [2.24, 2.45) is 5.73 Å². The second kappa shape index (κ2) is 15.0. The third-order valence-corrected chi connectivity index (χ3v) is 3.82. The van der Waals surface area contributed by atoms with E-state index >= 15 is 0 Å². The van der Waals surface area contributed by atoms with Gasteiger partial charge >= 0.3 is 0 Å². The highest BCUT2D eigenvalue weighted by Crippen LogP contribution is 2.10. The summed E-state index contributed by atoms with van der Waals surface area (Å²) in [5, 5.41) is 0. The van der Waals surface area contributed by atoms with Crippen LogP contribution in [-0.2, 0) is 0 Å². The second-order valence-electron chi connectivity index (χ2n) is 5.35. The highest BCUT2D eigenvalue weighted by atomic mass is 15.1. The molecule has 0 heterocycles. The maximum atomic E-state index is 5.48. The van der Waals surface area contributed by atoms with Crippen LogP contribution in [0.1, 0.15) is 78.1 Å². The first-order valence-corrected chi connectivity index (χ1v) is 8.27. The molecule has 0 aromatic carbocycles. The smallest absolute Gasteiger partial charge is 0.00190 e. The fraction of sp³-hybridized carbons (Fsp3) is 1.00. The van der Waals surface area contributed by atoms with E-state index in [1.807, 2.05) is 0 Å². The molecular formula is C16H36N2. The Morgan fingerprint density at radius 2 is 1.00 bits per heavy atom. The predicted molar refractivity (Wildman–Crippen MR) is 83.0 cm³/mol. The lowest BCUT2D eigenvalue weighted by molar-refractivity contribution is 0.295. The first kappa shape index (κ1) is 17.9. The lowest BCUT2D eigenvalue weighted by atomic mass is 10.1. The summed E-state index contributed by atoms with van der Waals surface area (Å²) in [7, 11) is 0. The van der Waals surface area contributed by atoms with Gasteiger partial charge in [-0.1, -0.05) is 65.2 Å². The monoisotopic (exact) mass is 256 g/mol. The Balaban J connectivity index is 3.03. The number of hydrogen-bond acceptors (Lipinski definition) is 2. The normalized spacial score (nSPS) is 11.3. The van der Waals surface area contributed by atoms with E-state index in [9.17, 15) is 0 Å². The fourth-order valence-electron chi connectivity index (χ4n) is 2.43. The highest BCUT2D eigenvalue weighted by Gasteiger charge is 1.98. The molecule has 0 aromatic rings. The summed E-state index contributed by atoms with van der Waals surface area (Å²) in [6.45, 7) is 9.10. The van der Waals surface area contributed by atoms with E-state index < -0.39 is 0 Å². The van der Waals surface area contributed by atoms with Gasteiger partial charge in [-0.2, -0.15) is 0 Å². The summed E-state index contributed by atoms with van der Waals surface area (Å²) >= 11 is 0. The second-order valence-corrected chi connectivity index (χ2v) is 5.35. The minimum absolute atomic E-state index is 0.868. The molecule has 0 spiro atoms. The van der Waals surface area contributed by atoms with Gasteiger partial charge in [0.1, 0.15) is 0 Å². The standard InChI is InChI=1S/C16H36N2/c1-3-18(4-2)16-14-12-10-8-6-5-7-9-11-13-15-17/h3-17H2,1-2H3. The first-order valence-electron chi connectivity index (χ1n) is 8.27. The molecule has 0 unspecified atom stereocenters. The third kappa shape index (κ3) is 12.4. The average molecular weight is 256 g/mol. The van der Waals surface area contributed by atoms with Gasteiger partial charge in [0, 0.05) is 0 Å². The van der Waals surface area contributed by atoms with Crippen LogP contribution in [0.3, 0.4) is 0 Å². The van der Waals surface area contributed by atoms with E-state index in [0.717, 1.165) is 6.54 Å². The van der Waals surface area contributed by atoms with Gasteiger partial charge in [-0.05, 0) is 39.0 Å². The van der Waals surface area contributed by atoms with Gasteiger partial charge in [0.25, 0.3) is 0 Å². The summed E-state index contributed by atoms with van der Waals surface area (Å²) in [6.07, 6.45) is 13.9. The van der Waals surface area contributed by atoms with Crippen LogP contribution in [0.2, 0.25) is 0 Å². The van der Waals surface area contributed by atoms with Crippen molar-refractivity contribution in [3.63, 3.8) is 0 Å². The maximum Gasteiger partial charge on any atom is -0.00190 e. The Hall–Kier alpha value is -0.0800. The van der Waals surface area contributed by atoms with Crippen LogP contribution in [-0.4, -0.2) is 31.1 Å². The van der Waals surface area contributed by atoms with Crippen LogP contribution in [0, 0.1) is 0 Å². The molecule has 0 atom stereocenters. The molecule has 0 aliphatic rings. The number of unbranched alkanes of at least 4 members (excludes halogenated alkanes) is 9. The van der Waals surface area contributed by atoms with Gasteiger partial charge in [0.15, 0.2) is 0 Å². The molecule has 110 valence electrons. The molecular weight excluding hydrogens is 220 g/mol. The quantitative estimate of drug-likeness (QED) is 0.472. The molecule has 0 fully saturated rings. The zero-order valence-electron chi connectivity index (χ0n) is 12.9. The van der Waals surface area contributed by atoms with Crippen molar-refractivity contribution in [3.05, 3.63) is 0 Å². The summed E-state index contributed by atoms with van der Waals surface area (Å²) in [5.74, 6) is 0. The van der Waals surface area contributed by atoms with Crippen LogP contribution in [0.4, 0.5) is 0 Å². The van der Waals surface area contributed by atoms with Crippen LogP contribution >= 0.6 is 0 Å². The number of nitrogens with two attached hydrogens (primary N) is 1. The molecule has 2 nitrogen and oxygen atoms in total. The molecule has 0 amide bonds. The Morgan fingerprint density at radius 3 is 1.39 bits per heavy atom. The van der Waals surface area contributed by atoms with Crippen LogP contribution in [0.15, 0.2) is 0 Å². The fourth-order valence-corrected chi connectivity index (χ4v) is 2.43. The number of nitrogens with zero attached hydrogens (tertiary/aromatic N) is 1. The average Bonchev–Trinajstić information content (AvgIpc) is 2.40. The van der Waals surface area contributed by atoms with Gasteiger partial charge in [0.05, 0.1) is 0 Å². The van der Waals surface area contributed by atoms with Gasteiger partial charge in [0.2, 0.25) is 0 Å². The van der Waals surface area contributed by atoms with E-state index in [4.69, 9.17) is 5.73 Å². The molecule has 0 rings (SSSR count). The molecule has 0 saturated heterocycles. The summed E-state index contributed by atoms with van der Waals surface area (Å²) < 4.78 is 0. The van der Waals surface area contributed by atoms with Crippen LogP contribution in [0.25, 0.3) is 0 Å². The zero-order valence-corrected chi connectivity index (χ0v) is 12.9. The van der Waals surface area contributed by atoms with Gasteiger partial charge in [-0.3, -0.25) is 0 Å². The predicted octanol–water partition coefficient (Wildman–Crippen LogP) is 4.19. The minimum Gasteiger partial charge on any atom is -0.330 e. The lowest BCUT2D eigenvalue weighted by Gasteiger charge is -2.17. The van der Waals surface area contributed by atoms with Gasteiger partial charge in [-0.15, -0.1) is 0 Å². The van der Waals surface area contributed by atoms with E-state index in [0.29, 0.717) is 0 Å². The Morgan fingerprint density at radius 1 is 0.611 bits per heavy atom. The SMILES string of the molecule is CCN(CC)CCCCCCCCCCCCN. The molecule has 2 heteroatoms. The van der Waals surface area contributed by atoms with Crippen molar-refractivity contribution in [1.82, 2.24) is 4.90 Å². The van der Waals surface area contributed by atoms with Crippen LogP contribution < -0.4 is 5.73 Å². The van der Waals surface area contributed by atoms with Gasteiger partial charge in [-0.25, -0.2) is 0 Å². The van der Waals surface area contributed by atoms with Crippen molar-refractivity contribution in [3.8, 4) is 0 Å². The minimum atomic E-state index is 0.868. The molecule has 0 aliphatic heterocycles. The molecule has 0 aromatic heterocycles. The zero-order chi connectivity index (χ0) is 13.5. The van der Waals surface area contributed by atoms with E-state index in [-0.39, 0.29) is 0 Å². The van der Waals surface area contributed by atoms with Crippen molar-refractivity contribution in [1.29, 1.82) is 0 Å². The molecule has 2 N–H and O–H groups in total. The molecule has 0 saturated carbocycles. The van der Waals surface area contributed by atoms with Crippen molar-refractivity contribution in [2.45, 2.75) is 78.1 Å². The first-order chi connectivity index (χ1) is 8.85. The van der Waals surface area contributed by atoms with Crippen molar-refractivity contribution in [2.75, 3.05) is 26.2 Å². The number of rotatable bonds is 14. The van der Waals surface area contributed by atoms with E-state index in [2.05, 4.69) is 18.7 Å². The summed E-state index contributed by atoms with van der Waals surface area (Å²) in [6, 6.07) is 0. The van der Waals surface area contributed by atoms with Crippen molar-refractivity contribution < 1.29 is 0 Å². The molecule has 0 aliphatic carbocycles.